The number of rotatable bonds is 9. The van der Waals surface area contributed by atoms with Crippen LogP contribution in [0.25, 0.3) is 0 Å². The molecule has 0 radical (unpaired) electrons. The summed E-state index contributed by atoms with van der Waals surface area (Å²) >= 11 is 0. The highest BCUT2D eigenvalue weighted by molar-refractivity contribution is 5.27. The molecule has 1 aliphatic heterocycles. The van der Waals surface area contributed by atoms with Gasteiger partial charge in [0.1, 0.15) is 5.75 Å². The van der Waals surface area contributed by atoms with Crippen LogP contribution in [0.3, 0.4) is 0 Å². The van der Waals surface area contributed by atoms with Crippen LogP contribution in [-0.4, -0.2) is 43.7 Å². The molecular weight excluding hydrogens is 298 g/mol. The van der Waals surface area contributed by atoms with E-state index in [1.165, 1.54) is 19.5 Å². The molecule has 0 aliphatic carbocycles. The molecule has 5 heteroatoms. The van der Waals surface area contributed by atoms with Crippen LogP contribution in [0, 0.1) is 5.92 Å². The van der Waals surface area contributed by atoms with Crippen molar-refractivity contribution in [3.8, 4) is 5.75 Å². The molecule has 3 nitrogen and oxygen atoms in total. The van der Waals surface area contributed by atoms with Crippen molar-refractivity contribution < 1.29 is 13.5 Å². The molecule has 0 saturated carbocycles. The highest BCUT2D eigenvalue weighted by Gasteiger charge is 2.21. The Kier molecular flexibility index (Phi) is 7.24. The van der Waals surface area contributed by atoms with E-state index in [-0.39, 0.29) is 5.75 Å². The molecule has 23 heavy (non-hydrogen) atoms. The molecule has 2 unspecified atom stereocenters. The predicted octanol–water partition coefficient (Wildman–Crippen LogP) is 3.54. The van der Waals surface area contributed by atoms with Crippen molar-refractivity contribution in [3.63, 3.8) is 0 Å². The Morgan fingerprint density at radius 2 is 2.04 bits per heavy atom. The highest BCUT2D eigenvalue weighted by atomic mass is 19.3. The molecular formula is C18H28F2N2O. The Labute approximate surface area is 138 Å². The van der Waals surface area contributed by atoms with Crippen LogP contribution in [-0.2, 0) is 6.42 Å². The van der Waals surface area contributed by atoms with Gasteiger partial charge < -0.3 is 15.0 Å². The summed E-state index contributed by atoms with van der Waals surface area (Å²) in [6, 6.07) is 7.40. The molecule has 1 aliphatic rings. The summed E-state index contributed by atoms with van der Waals surface area (Å²) in [6.07, 6.45) is 3.27. The SMILES string of the molecule is CCN1CCC(CNC(C)CCc2ccc(OC(F)F)cc2)C1. The van der Waals surface area contributed by atoms with E-state index >= 15 is 0 Å². The number of halogens is 2. The standard InChI is InChI=1S/C18H28F2N2O/c1-3-22-11-10-16(13-22)12-21-14(2)4-5-15-6-8-17(9-7-15)23-18(19)20/h6-9,14,16,18,21H,3-5,10-13H2,1-2H3. The minimum absolute atomic E-state index is 0.219. The van der Waals surface area contributed by atoms with E-state index in [4.69, 9.17) is 0 Å². The van der Waals surface area contributed by atoms with Gasteiger partial charge >= 0.3 is 6.61 Å². The molecule has 0 amide bonds. The van der Waals surface area contributed by atoms with Gasteiger partial charge in [-0.1, -0.05) is 19.1 Å². The lowest BCUT2D eigenvalue weighted by atomic mass is 10.0. The number of hydrogen-bond acceptors (Lipinski definition) is 3. The molecule has 1 aromatic carbocycles. The maximum absolute atomic E-state index is 12.1. The van der Waals surface area contributed by atoms with Gasteiger partial charge in [0.15, 0.2) is 0 Å². The lowest BCUT2D eigenvalue weighted by Crippen LogP contribution is -2.32. The first-order chi connectivity index (χ1) is 11.1. The van der Waals surface area contributed by atoms with E-state index in [2.05, 4.69) is 28.8 Å². The van der Waals surface area contributed by atoms with Gasteiger partial charge in [-0.15, -0.1) is 0 Å². The summed E-state index contributed by atoms with van der Waals surface area (Å²) < 4.78 is 28.6. The van der Waals surface area contributed by atoms with Crippen LogP contribution in [0.4, 0.5) is 8.78 Å². The molecule has 1 N–H and O–H groups in total. The fourth-order valence-corrected chi connectivity index (χ4v) is 3.06. The van der Waals surface area contributed by atoms with Crippen molar-refractivity contribution in [1.29, 1.82) is 0 Å². The Morgan fingerprint density at radius 1 is 1.30 bits per heavy atom. The zero-order valence-corrected chi connectivity index (χ0v) is 14.1. The van der Waals surface area contributed by atoms with E-state index in [1.807, 2.05) is 12.1 Å². The molecule has 0 bridgehead atoms. The number of alkyl halides is 2. The number of nitrogens with one attached hydrogen (secondary N) is 1. The summed E-state index contributed by atoms with van der Waals surface area (Å²) in [7, 11) is 0. The number of likely N-dealkylation sites (tertiary alicyclic amines) is 1. The lowest BCUT2D eigenvalue weighted by Gasteiger charge is -2.18. The zero-order valence-electron chi connectivity index (χ0n) is 14.1. The first-order valence-corrected chi connectivity index (χ1v) is 8.56. The van der Waals surface area contributed by atoms with Crippen molar-refractivity contribution in [2.24, 2.45) is 5.92 Å². The third-order valence-corrected chi connectivity index (χ3v) is 4.59. The monoisotopic (exact) mass is 326 g/mol. The largest absolute Gasteiger partial charge is 0.435 e. The summed E-state index contributed by atoms with van der Waals surface area (Å²) in [6.45, 7) is 6.34. The summed E-state index contributed by atoms with van der Waals surface area (Å²) in [5.74, 6) is 0.986. The average molecular weight is 326 g/mol. The van der Waals surface area contributed by atoms with Gasteiger partial charge in [0.05, 0.1) is 0 Å². The Hall–Kier alpha value is -1.20. The van der Waals surface area contributed by atoms with E-state index in [9.17, 15) is 8.78 Å². The van der Waals surface area contributed by atoms with Gasteiger partial charge in [0.2, 0.25) is 0 Å². The Morgan fingerprint density at radius 3 is 2.65 bits per heavy atom. The minimum Gasteiger partial charge on any atom is -0.435 e. The first-order valence-electron chi connectivity index (χ1n) is 8.56. The topological polar surface area (TPSA) is 24.5 Å². The second-order valence-corrected chi connectivity index (χ2v) is 6.42. The van der Waals surface area contributed by atoms with Crippen LogP contribution in [0.15, 0.2) is 24.3 Å². The molecule has 1 heterocycles. The highest BCUT2D eigenvalue weighted by Crippen LogP contribution is 2.17. The van der Waals surface area contributed by atoms with Crippen LogP contribution < -0.4 is 10.1 Å². The van der Waals surface area contributed by atoms with Crippen molar-refractivity contribution in [1.82, 2.24) is 10.2 Å². The number of benzene rings is 1. The van der Waals surface area contributed by atoms with E-state index < -0.39 is 6.61 Å². The maximum atomic E-state index is 12.1. The number of aryl methyl sites for hydroxylation is 1. The van der Waals surface area contributed by atoms with Gasteiger partial charge in [-0.05, 0) is 69.4 Å². The molecule has 2 atom stereocenters. The third kappa shape index (κ3) is 6.43. The van der Waals surface area contributed by atoms with Gasteiger partial charge in [0.25, 0.3) is 0 Å². The van der Waals surface area contributed by atoms with Crippen LogP contribution >= 0.6 is 0 Å². The maximum Gasteiger partial charge on any atom is 0.387 e. The predicted molar refractivity (Wildman–Crippen MR) is 89.1 cm³/mol. The normalized spacial score (nSPS) is 20.1. The fourth-order valence-electron chi connectivity index (χ4n) is 3.06. The Balaban J connectivity index is 1.65. The molecule has 2 rings (SSSR count). The van der Waals surface area contributed by atoms with E-state index in [1.54, 1.807) is 12.1 Å². The number of hydrogen-bond donors (Lipinski definition) is 1. The quantitative estimate of drug-likeness (QED) is 0.751. The fraction of sp³-hybridized carbons (Fsp3) is 0.667. The summed E-state index contributed by atoms with van der Waals surface area (Å²) in [5.41, 5.74) is 1.15. The number of ether oxygens (including phenoxy) is 1. The van der Waals surface area contributed by atoms with Crippen LogP contribution in [0.1, 0.15) is 32.3 Å². The number of nitrogens with zero attached hydrogens (tertiary/aromatic N) is 1. The van der Waals surface area contributed by atoms with Crippen LogP contribution in [0.5, 0.6) is 5.75 Å². The van der Waals surface area contributed by atoms with Gasteiger partial charge in [0, 0.05) is 12.6 Å². The smallest absolute Gasteiger partial charge is 0.387 e. The zero-order chi connectivity index (χ0) is 16.7. The first kappa shape index (κ1) is 18.1. The van der Waals surface area contributed by atoms with E-state index in [0.717, 1.165) is 37.4 Å². The van der Waals surface area contributed by atoms with Crippen molar-refractivity contribution in [2.75, 3.05) is 26.2 Å². The molecule has 1 saturated heterocycles. The molecule has 0 aromatic heterocycles. The van der Waals surface area contributed by atoms with Crippen molar-refractivity contribution in [3.05, 3.63) is 29.8 Å². The van der Waals surface area contributed by atoms with Crippen LogP contribution in [0.2, 0.25) is 0 Å². The van der Waals surface area contributed by atoms with Gasteiger partial charge in [-0.3, -0.25) is 0 Å². The molecule has 1 fully saturated rings. The second kappa shape index (κ2) is 9.18. The van der Waals surface area contributed by atoms with Crippen molar-refractivity contribution >= 4 is 0 Å². The minimum atomic E-state index is -2.76. The van der Waals surface area contributed by atoms with Crippen molar-refractivity contribution in [2.45, 2.75) is 45.8 Å². The molecule has 0 spiro atoms. The second-order valence-electron chi connectivity index (χ2n) is 6.42. The molecule has 130 valence electrons. The third-order valence-electron chi connectivity index (χ3n) is 4.59. The van der Waals surface area contributed by atoms with E-state index in [0.29, 0.717) is 6.04 Å². The van der Waals surface area contributed by atoms with Gasteiger partial charge in [-0.2, -0.15) is 8.78 Å². The Bertz CT molecular complexity index is 453. The average Bonchev–Trinajstić information content (AvgIpc) is 3.00. The summed E-state index contributed by atoms with van der Waals surface area (Å²) in [5, 5.41) is 3.63. The summed E-state index contributed by atoms with van der Waals surface area (Å²) in [4.78, 5) is 2.50. The molecule has 1 aromatic rings. The van der Waals surface area contributed by atoms with Gasteiger partial charge in [-0.25, -0.2) is 0 Å². The lowest BCUT2D eigenvalue weighted by molar-refractivity contribution is -0.0498.